The van der Waals surface area contributed by atoms with Gasteiger partial charge in [0.05, 0.1) is 45.5 Å². The van der Waals surface area contributed by atoms with Gasteiger partial charge in [-0.15, -0.1) is 0 Å². The van der Waals surface area contributed by atoms with Crippen LogP contribution in [0.4, 0.5) is 0 Å². The van der Waals surface area contributed by atoms with Gasteiger partial charge in [0, 0.05) is 24.6 Å². The third-order valence-electron chi connectivity index (χ3n) is 8.44. The quantitative estimate of drug-likeness (QED) is 0.0855. The predicted molar refractivity (Wildman–Crippen MR) is 225 cm³/mol. The van der Waals surface area contributed by atoms with Crippen LogP contribution in [0, 0.1) is 34.8 Å². The molecule has 0 bridgehead atoms. The van der Waals surface area contributed by atoms with Crippen LogP contribution >= 0.6 is 45.2 Å². The fourth-order valence-electron chi connectivity index (χ4n) is 5.59. The maximum atomic E-state index is 11.8. The third kappa shape index (κ3) is 13.2. The molecule has 2 atom stereocenters. The van der Waals surface area contributed by atoms with E-state index in [1.165, 1.54) is 7.11 Å². The summed E-state index contributed by atoms with van der Waals surface area (Å²) in [6, 6.07) is 1.65. The summed E-state index contributed by atoms with van der Waals surface area (Å²) in [7, 11) is 1.45. The number of H-pyrrole nitrogens is 2. The minimum atomic E-state index is -1.08. The molecule has 2 aliphatic rings. The number of aryl methyl sites for hydroxylation is 2. The van der Waals surface area contributed by atoms with Crippen LogP contribution in [0.5, 0.6) is 5.75 Å². The van der Waals surface area contributed by atoms with Crippen LogP contribution in [-0.2, 0) is 23.7 Å². The Labute approximate surface area is 363 Å². The Balaban J connectivity index is 0.000000211. The number of aromatic nitrogens is 8. The summed E-state index contributed by atoms with van der Waals surface area (Å²) in [6.45, 7) is 15.3. The lowest BCUT2D eigenvalue weighted by atomic mass is 10.2. The normalized spacial score (nSPS) is 16.0. The fraction of sp³-hybridized carbons (Fsp3) is 0.568. The van der Waals surface area contributed by atoms with Crippen molar-refractivity contribution >= 4 is 69.1 Å². The molecule has 2 fully saturated rings. The molecule has 0 radical (unpaired) electrons. The molecule has 2 unspecified atom stereocenters. The van der Waals surface area contributed by atoms with Crippen molar-refractivity contribution < 1.29 is 52.7 Å². The molecule has 6 rings (SSSR count). The number of carboxylic acid groups (broad SMARTS) is 1. The molecule has 58 heavy (non-hydrogen) atoms. The molecule has 320 valence electrons. The molecular weight excluding hydrogens is 986 g/mol. The molecule has 4 aromatic rings. The van der Waals surface area contributed by atoms with Crippen molar-refractivity contribution in [2.24, 2.45) is 0 Å². The first-order chi connectivity index (χ1) is 27.7. The lowest BCUT2D eigenvalue weighted by Gasteiger charge is -2.23. The van der Waals surface area contributed by atoms with Crippen molar-refractivity contribution in [2.75, 3.05) is 40.1 Å². The van der Waals surface area contributed by atoms with Crippen LogP contribution in [0.25, 0.3) is 0 Å². The second-order valence-corrected chi connectivity index (χ2v) is 14.8. The summed E-state index contributed by atoms with van der Waals surface area (Å²) in [5.41, 5.74) is 4.44. The van der Waals surface area contributed by atoms with Crippen molar-refractivity contribution in [3.63, 3.8) is 0 Å². The zero-order valence-corrected chi connectivity index (χ0v) is 38.3. The number of aromatic amines is 2. The van der Waals surface area contributed by atoms with Crippen molar-refractivity contribution in [1.82, 2.24) is 40.0 Å². The summed E-state index contributed by atoms with van der Waals surface area (Å²) in [4.78, 5) is 44.9. The number of carbonyl (C=O) groups excluding carboxylic acids is 3. The van der Waals surface area contributed by atoms with Gasteiger partial charge in [0.2, 0.25) is 5.69 Å². The van der Waals surface area contributed by atoms with Gasteiger partial charge in [-0.3, -0.25) is 10.2 Å². The average Bonchev–Trinajstić information content (AvgIpc) is 3.98. The largest absolute Gasteiger partial charge is 0.492 e. The van der Waals surface area contributed by atoms with E-state index in [-0.39, 0.29) is 36.1 Å². The highest BCUT2D eigenvalue weighted by Gasteiger charge is 2.27. The lowest BCUT2D eigenvalue weighted by molar-refractivity contribution is -0.0410. The zero-order chi connectivity index (χ0) is 42.9. The van der Waals surface area contributed by atoms with Crippen molar-refractivity contribution in [3.8, 4) is 5.75 Å². The Bertz CT molecular complexity index is 1960. The third-order valence-corrected chi connectivity index (χ3v) is 11.0. The number of hydrogen-bond donors (Lipinski definition) is 3. The summed E-state index contributed by atoms with van der Waals surface area (Å²) >= 11 is 4.20. The summed E-state index contributed by atoms with van der Waals surface area (Å²) < 4.78 is 36.0. The lowest BCUT2D eigenvalue weighted by Crippen LogP contribution is -2.20. The number of rotatable bonds is 10. The SMILES string of the molecule is CCOC(=O)c1cc(C)[nH]n1.CCOC(=O)c1n[nH]c(C)c1I.CCOC(=O)c1nn(C2CCCCO2)c(C)c1I.COc1c(C(=O)O)nn(C2CCCCO2)c1C. The highest BCUT2D eigenvalue weighted by Crippen LogP contribution is 2.30. The van der Waals surface area contributed by atoms with Gasteiger partial charge in [-0.2, -0.15) is 20.4 Å². The number of carbonyl (C=O) groups is 4. The van der Waals surface area contributed by atoms with Gasteiger partial charge < -0.3 is 33.5 Å². The fourth-order valence-corrected chi connectivity index (χ4v) is 6.62. The Morgan fingerprint density at radius 2 is 1.26 bits per heavy atom. The number of carboxylic acids is 1. The second-order valence-electron chi connectivity index (χ2n) is 12.7. The Morgan fingerprint density at radius 3 is 1.67 bits per heavy atom. The van der Waals surface area contributed by atoms with Crippen LogP contribution < -0.4 is 4.74 Å². The van der Waals surface area contributed by atoms with Crippen LogP contribution in [0.2, 0.25) is 0 Å². The van der Waals surface area contributed by atoms with Crippen molar-refractivity contribution in [2.45, 2.75) is 99.4 Å². The molecule has 0 amide bonds. The van der Waals surface area contributed by atoms with E-state index in [4.69, 9.17) is 33.5 Å². The number of hydrogen-bond acceptors (Lipinski definition) is 14. The topological polar surface area (TPSA) is 237 Å². The van der Waals surface area contributed by atoms with Gasteiger partial charge in [0.15, 0.2) is 35.3 Å². The highest BCUT2D eigenvalue weighted by molar-refractivity contribution is 14.1. The standard InChI is InChI=1S/C12H17IN2O3.C11H16N2O4.C7H9IN2O2.C7H10N2O2/c1-3-17-12(16)11-10(13)8(2)15(14-11)9-6-4-5-7-18-9;1-7-10(16-2)9(11(14)15)12-13(7)8-5-3-4-6-17-8;1-3-12-7(11)6-5(8)4(2)9-10-6;1-3-11-7(10)6-4-5(2)8-9-6/h9H,3-7H2,1-2H3;8H,3-6H2,1-2H3,(H,14,15);3H2,1-2H3,(H,9,10);4H,3H2,1-2H3,(H,8,9). The molecule has 0 saturated carbocycles. The molecule has 0 spiro atoms. The van der Waals surface area contributed by atoms with Crippen LogP contribution in [0.3, 0.4) is 0 Å². The number of esters is 3. The van der Waals surface area contributed by atoms with E-state index < -0.39 is 5.97 Å². The van der Waals surface area contributed by atoms with E-state index in [9.17, 15) is 19.2 Å². The molecule has 19 nitrogen and oxygen atoms in total. The predicted octanol–water partition coefficient (Wildman–Crippen LogP) is 6.66. The van der Waals surface area contributed by atoms with Crippen LogP contribution in [0.1, 0.15) is 136 Å². The van der Waals surface area contributed by atoms with Gasteiger partial charge >= 0.3 is 23.9 Å². The minimum absolute atomic E-state index is 0.0459. The van der Waals surface area contributed by atoms with E-state index in [2.05, 4.69) is 75.8 Å². The Kier molecular flexibility index (Phi) is 20.1. The monoisotopic (exact) mass is 1040 g/mol. The maximum Gasteiger partial charge on any atom is 0.360 e. The number of ether oxygens (including phenoxy) is 6. The molecule has 2 saturated heterocycles. The van der Waals surface area contributed by atoms with Crippen molar-refractivity contribution in [3.05, 3.63) is 58.8 Å². The molecule has 0 aliphatic carbocycles. The number of halogens is 2. The first-order valence-electron chi connectivity index (χ1n) is 18.8. The average molecular weight is 1040 g/mol. The van der Waals surface area contributed by atoms with Crippen molar-refractivity contribution in [1.29, 1.82) is 0 Å². The molecule has 3 N–H and O–H groups in total. The molecule has 0 aromatic carbocycles. The number of methoxy groups -OCH3 is 1. The van der Waals surface area contributed by atoms with Gasteiger partial charge in [-0.05, 0) is 138 Å². The molecule has 21 heteroatoms. The molecular formula is C37H52I2N8O11. The molecule has 4 aromatic heterocycles. The zero-order valence-electron chi connectivity index (χ0n) is 34.0. The van der Waals surface area contributed by atoms with E-state index in [1.54, 1.807) is 38.4 Å². The summed E-state index contributed by atoms with van der Waals surface area (Å²) in [6.07, 6.45) is 5.91. The number of aromatic carboxylic acids is 1. The van der Waals surface area contributed by atoms with Gasteiger partial charge in [0.1, 0.15) is 0 Å². The van der Waals surface area contributed by atoms with Crippen LogP contribution in [0.15, 0.2) is 6.07 Å². The van der Waals surface area contributed by atoms with Gasteiger partial charge in [-0.1, -0.05) is 0 Å². The number of nitrogens with one attached hydrogen (secondary N) is 2. The first kappa shape index (κ1) is 48.3. The number of nitrogens with zero attached hydrogens (tertiary/aromatic N) is 6. The van der Waals surface area contributed by atoms with Crippen LogP contribution in [-0.4, -0.2) is 109 Å². The summed E-state index contributed by atoms with van der Waals surface area (Å²) in [5.74, 6) is -1.88. The Hall–Kier alpha value is -4.10. The summed E-state index contributed by atoms with van der Waals surface area (Å²) in [5, 5.41) is 30.4. The van der Waals surface area contributed by atoms with Gasteiger partial charge in [-0.25, -0.2) is 28.5 Å². The molecule has 6 heterocycles. The second kappa shape index (κ2) is 24.1. The van der Waals surface area contributed by atoms with E-state index in [0.29, 0.717) is 55.0 Å². The van der Waals surface area contributed by atoms with E-state index in [0.717, 1.165) is 69.4 Å². The van der Waals surface area contributed by atoms with E-state index in [1.807, 2.05) is 25.5 Å². The molecule has 2 aliphatic heterocycles. The Morgan fingerprint density at radius 1 is 0.741 bits per heavy atom. The van der Waals surface area contributed by atoms with E-state index >= 15 is 0 Å². The minimum Gasteiger partial charge on any atom is -0.492 e. The highest BCUT2D eigenvalue weighted by atomic mass is 127. The maximum absolute atomic E-state index is 11.8. The van der Waals surface area contributed by atoms with Gasteiger partial charge in [0.25, 0.3) is 0 Å². The smallest absolute Gasteiger partial charge is 0.360 e. The first-order valence-corrected chi connectivity index (χ1v) is 20.9.